The van der Waals surface area contributed by atoms with Crippen molar-refractivity contribution in [2.24, 2.45) is 0 Å². The first kappa shape index (κ1) is 21.9. The average molecular weight is 477 g/mol. The molecule has 1 aromatic heterocycles. The molecule has 2 aromatic rings. The van der Waals surface area contributed by atoms with Crippen LogP contribution in [0.5, 0.6) is 5.75 Å². The van der Waals surface area contributed by atoms with Crippen LogP contribution in [0.25, 0.3) is 11.3 Å². The van der Waals surface area contributed by atoms with Crippen LogP contribution in [0.4, 0.5) is 5.69 Å². The lowest BCUT2D eigenvalue weighted by molar-refractivity contribution is -0.385. The molecule has 2 rings (SSSR count). The molecule has 0 N–H and O–H groups in total. The van der Waals surface area contributed by atoms with Crippen LogP contribution in [0.3, 0.4) is 0 Å². The van der Waals surface area contributed by atoms with E-state index >= 15 is 0 Å². The third kappa shape index (κ3) is 6.03. The minimum atomic E-state index is -1.18. The Morgan fingerprint density at radius 1 is 1.33 bits per heavy atom. The summed E-state index contributed by atoms with van der Waals surface area (Å²) in [6.45, 7) is 8.00. The topological polar surface area (TPSA) is 79.4 Å². The molecule has 0 aliphatic carbocycles. The first-order valence-electron chi connectivity index (χ1n) is 8.49. The number of nitro groups is 1. The zero-order valence-electron chi connectivity index (χ0n) is 15.6. The highest BCUT2D eigenvalue weighted by atomic mass is 79.9. The number of para-hydroxylation sites is 1. The molecule has 1 aromatic carbocycles. The molecule has 148 valence electrons. The number of alkyl halides is 1. The minimum Gasteiger partial charge on any atom is -0.485 e. The van der Waals surface area contributed by atoms with Crippen molar-refractivity contribution in [3.8, 4) is 17.0 Å². The Morgan fingerprint density at radius 2 is 2.07 bits per heavy atom. The van der Waals surface area contributed by atoms with Gasteiger partial charge in [0.15, 0.2) is 0 Å². The van der Waals surface area contributed by atoms with Crippen molar-refractivity contribution in [3.05, 3.63) is 39.2 Å². The lowest BCUT2D eigenvalue weighted by atomic mass is 10.1. The first-order valence-corrected chi connectivity index (χ1v) is 13.5. The van der Waals surface area contributed by atoms with Gasteiger partial charge in [0, 0.05) is 20.7 Å². The maximum atomic E-state index is 11.4. The number of aromatic nitrogens is 2. The molecule has 0 spiro atoms. The number of hydrogen-bond acceptors (Lipinski definition) is 5. The van der Waals surface area contributed by atoms with Gasteiger partial charge >= 0.3 is 5.69 Å². The van der Waals surface area contributed by atoms with E-state index in [0.717, 1.165) is 6.04 Å². The lowest BCUT2D eigenvalue weighted by Gasteiger charge is -2.17. The van der Waals surface area contributed by atoms with E-state index < -0.39 is 13.0 Å². The van der Waals surface area contributed by atoms with Gasteiger partial charge in [-0.05, 0) is 28.0 Å². The van der Waals surface area contributed by atoms with Gasteiger partial charge in [-0.25, -0.2) is 4.98 Å². The minimum absolute atomic E-state index is 0.114. The van der Waals surface area contributed by atoms with Gasteiger partial charge in [0.1, 0.15) is 17.9 Å². The predicted molar refractivity (Wildman–Crippen MR) is 112 cm³/mol. The number of imidazole rings is 1. The smallest absolute Gasteiger partial charge is 0.311 e. The van der Waals surface area contributed by atoms with E-state index in [2.05, 4.69) is 40.6 Å². The maximum absolute atomic E-state index is 11.4. The molecular formula is C17H23BrClN3O4Si. The summed E-state index contributed by atoms with van der Waals surface area (Å²) in [5.41, 5.74) is 1.11. The fourth-order valence-corrected chi connectivity index (χ4v) is 3.78. The second-order valence-electron chi connectivity index (χ2n) is 7.15. The molecule has 0 radical (unpaired) electrons. The number of benzene rings is 1. The first-order chi connectivity index (χ1) is 12.7. The Labute approximate surface area is 172 Å². The van der Waals surface area contributed by atoms with E-state index in [1.165, 1.54) is 6.07 Å². The summed E-state index contributed by atoms with van der Waals surface area (Å²) in [4.78, 5) is 15.2. The van der Waals surface area contributed by atoms with Gasteiger partial charge in [-0.3, -0.25) is 10.1 Å². The number of halogens is 2. The molecule has 0 aliphatic heterocycles. The molecular weight excluding hydrogens is 454 g/mol. The zero-order valence-corrected chi connectivity index (χ0v) is 18.9. The molecule has 0 atom stereocenters. The van der Waals surface area contributed by atoms with E-state index in [0.29, 0.717) is 29.2 Å². The quantitative estimate of drug-likeness (QED) is 0.156. The highest BCUT2D eigenvalue weighted by Crippen LogP contribution is 2.40. The van der Waals surface area contributed by atoms with Crippen molar-refractivity contribution in [2.75, 3.05) is 19.1 Å². The molecule has 0 bridgehead atoms. The molecule has 0 fully saturated rings. The van der Waals surface area contributed by atoms with Gasteiger partial charge < -0.3 is 14.0 Å². The summed E-state index contributed by atoms with van der Waals surface area (Å²) < 4.78 is 13.8. The third-order valence-electron chi connectivity index (χ3n) is 3.79. The van der Waals surface area contributed by atoms with Gasteiger partial charge in [0.25, 0.3) is 0 Å². The van der Waals surface area contributed by atoms with Crippen LogP contribution >= 0.6 is 27.5 Å². The van der Waals surface area contributed by atoms with Crippen LogP contribution in [0, 0.1) is 10.1 Å². The van der Waals surface area contributed by atoms with Crippen LogP contribution in [0.2, 0.25) is 25.7 Å². The highest BCUT2D eigenvalue weighted by Gasteiger charge is 2.24. The zero-order chi connectivity index (χ0) is 20.0. The number of nitro benzene ring substituents is 1. The van der Waals surface area contributed by atoms with Crippen molar-refractivity contribution in [3.63, 3.8) is 0 Å². The van der Waals surface area contributed by atoms with Gasteiger partial charge in [-0.2, -0.15) is 0 Å². The van der Waals surface area contributed by atoms with Crippen LogP contribution in [-0.4, -0.2) is 41.6 Å². The number of nitrogens with zero attached hydrogens (tertiary/aromatic N) is 3. The van der Waals surface area contributed by atoms with Gasteiger partial charge in [0.05, 0.1) is 28.4 Å². The molecule has 0 aliphatic rings. The molecule has 0 saturated heterocycles. The van der Waals surface area contributed by atoms with E-state index in [4.69, 9.17) is 21.1 Å². The third-order valence-corrected chi connectivity index (χ3v) is 6.23. The normalized spacial score (nSPS) is 11.6. The Hall–Kier alpha value is -1.42. The highest BCUT2D eigenvalue weighted by molar-refractivity contribution is 9.10. The maximum Gasteiger partial charge on any atom is 0.311 e. The fourth-order valence-electron chi connectivity index (χ4n) is 2.41. The van der Waals surface area contributed by atoms with Crippen molar-refractivity contribution < 1.29 is 14.4 Å². The number of ether oxygens (including phenoxy) is 2. The second-order valence-corrected chi connectivity index (χ2v) is 13.9. The summed E-state index contributed by atoms with van der Waals surface area (Å²) in [5, 5.41) is 11.4. The monoisotopic (exact) mass is 475 g/mol. The Morgan fingerprint density at radius 3 is 2.70 bits per heavy atom. The predicted octanol–water partition coefficient (Wildman–Crippen LogP) is 5.15. The van der Waals surface area contributed by atoms with Crippen LogP contribution in [-0.2, 0) is 11.5 Å². The van der Waals surface area contributed by atoms with Crippen molar-refractivity contribution >= 4 is 41.3 Å². The average Bonchev–Trinajstić information content (AvgIpc) is 2.96. The van der Waals surface area contributed by atoms with Crippen LogP contribution in [0.15, 0.2) is 29.1 Å². The summed E-state index contributed by atoms with van der Waals surface area (Å²) in [6, 6.07) is 5.85. The summed E-state index contributed by atoms with van der Waals surface area (Å²) >= 11 is 9.13. The van der Waals surface area contributed by atoms with E-state index in [1.54, 1.807) is 23.0 Å². The van der Waals surface area contributed by atoms with Crippen molar-refractivity contribution in [1.82, 2.24) is 9.55 Å². The molecule has 0 amide bonds. The van der Waals surface area contributed by atoms with Crippen molar-refractivity contribution in [1.29, 1.82) is 0 Å². The molecule has 0 saturated carbocycles. The summed E-state index contributed by atoms with van der Waals surface area (Å²) in [5.74, 6) is 0.402. The Balaban J connectivity index is 2.33. The van der Waals surface area contributed by atoms with E-state index in [1.807, 2.05) is 0 Å². The summed E-state index contributed by atoms with van der Waals surface area (Å²) in [6.07, 6.45) is 1.64. The van der Waals surface area contributed by atoms with Gasteiger partial charge in [-0.1, -0.05) is 25.7 Å². The SMILES string of the molecule is C[Si](C)(C)CCOCn1cnc(Br)c1-c1cccc([N+](=O)[O-])c1OCCCl. The number of rotatable bonds is 10. The largest absolute Gasteiger partial charge is 0.485 e. The van der Waals surface area contributed by atoms with Gasteiger partial charge in [0.2, 0.25) is 5.75 Å². The van der Waals surface area contributed by atoms with E-state index in [9.17, 15) is 10.1 Å². The molecule has 1 heterocycles. The van der Waals surface area contributed by atoms with Crippen molar-refractivity contribution in [2.45, 2.75) is 32.4 Å². The molecule has 7 nitrogen and oxygen atoms in total. The van der Waals surface area contributed by atoms with Crippen LogP contribution in [0.1, 0.15) is 0 Å². The molecule has 27 heavy (non-hydrogen) atoms. The van der Waals surface area contributed by atoms with Gasteiger partial charge in [-0.15, -0.1) is 11.6 Å². The van der Waals surface area contributed by atoms with E-state index in [-0.39, 0.29) is 23.9 Å². The standard InChI is InChI=1S/C17H23BrClN3O4Si/c1-27(2,3)10-9-25-12-21-11-20-17(18)15(21)13-5-4-6-14(22(23)24)16(13)26-8-7-19/h4-6,11H,7-10,12H2,1-3H3. The lowest BCUT2D eigenvalue weighted by Crippen LogP contribution is -2.22. The number of hydrogen-bond donors (Lipinski definition) is 0. The fraction of sp³-hybridized carbons (Fsp3) is 0.471. The van der Waals surface area contributed by atoms with Crippen LogP contribution < -0.4 is 4.74 Å². The Kier molecular flexibility index (Phi) is 7.84. The molecule has 10 heteroatoms. The Bertz CT molecular complexity index is 795. The summed E-state index contributed by atoms with van der Waals surface area (Å²) in [7, 11) is -1.18. The second kappa shape index (κ2) is 9.68. The molecule has 0 unspecified atom stereocenters.